The van der Waals surface area contributed by atoms with Crippen LogP contribution < -0.4 is 14.4 Å². The number of nitrogens with zero attached hydrogens (tertiary/aromatic N) is 4. The van der Waals surface area contributed by atoms with Crippen LogP contribution in [0, 0.1) is 0 Å². The highest BCUT2D eigenvalue weighted by atomic mass is 32.2. The van der Waals surface area contributed by atoms with E-state index < -0.39 is 10.0 Å². The fraction of sp³-hybridized carbons (Fsp3) is 0.333. The number of hydrogen-bond donors (Lipinski definition) is 0. The molecule has 28 heavy (non-hydrogen) atoms. The minimum absolute atomic E-state index is 0.118. The highest BCUT2D eigenvalue weighted by molar-refractivity contribution is 7.89. The van der Waals surface area contributed by atoms with E-state index in [2.05, 4.69) is 14.9 Å². The zero-order valence-corrected chi connectivity index (χ0v) is 17.2. The van der Waals surface area contributed by atoms with E-state index in [0.717, 1.165) is 15.5 Å². The molecule has 0 radical (unpaired) electrons. The maximum atomic E-state index is 13.2. The molecule has 8 nitrogen and oxygen atoms in total. The summed E-state index contributed by atoms with van der Waals surface area (Å²) in [5.74, 6) is 0.778. The molecule has 3 aromatic rings. The van der Waals surface area contributed by atoms with Crippen LogP contribution in [0.15, 0.2) is 41.4 Å². The van der Waals surface area contributed by atoms with Crippen molar-refractivity contribution in [3.63, 3.8) is 0 Å². The van der Waals surface area contributed by atoms with Crippen LogP contribution in [0.2, 0.25) is 0 Å². The minimum atomic E-state index is -3.70. The third-order valence-corrected chi connectivity index (χ3v) is 7.61. The van der Waals surface area contributed by atoms with Crippen molar-refractivity contribution >= 4 is 36.8 Å². The third kappa shape index (κ3) is 3.38. The van der Waals surface area contributed by atoms with Gasteiger partial charge < -0.3 is 14.4 Å². The summed E-state index contributed by atoms with van der Waals surface area (Å²) in [6.07, 6.45) is 1.75. The number of hydrogen-bond acceptors (Lipinski definition) is 8. The van der Waals surface area contributed by atoms with Gasteiger partial charge in [-0.25, -0.2) is 18.4 Å². The first-order valence-corrected chi connectivity index (χ1v) is 11.0. The lowest BCUT2D eigenvalue weighted by molar-refractivity contribution is 0.370. The van der Waals surface area contributed by atoms with Gasteiger partial charge in [0.2, 0.25) is 10.0 Å². The number of sulfonamides is 1. The van der Waals surface area contributed by atoms with Crippen molar-refractivity contribution in [2.24, 2.45) is 0 Å². The molecule has 0 amide bonds. The molecule has 0 unspecified atom stereocenters. The van der Waals surface area contributed by atoms with Crippen LogP contribution in [0.3, 0.4) is 0 Å². The second kappa shape index (κ2) is 7.53. The van der Waals surface area contributed by atoms with E-state index in [1.54, 1.807) is 18.3 Å². The maximum absolute atomic E-state index is 13.2. The Morgan fingerprint density at radius 3 is 2.54 bits per heavy atom. The number of rotatable bonds is 5. The van der Waals surface area contributed by atoms with Crippen LogP contribution >= 0.6 is 11.3 Å². The molecule has 0 bridgehead atoms. The summed E-state index contributed by atoms with van der Waals surface area (Å²) in [7, 11) is -0.733. The molecule has 4 rings (SSSR count). The molecule has 148 valence electrons. The van der Waals surface area contributed by atoms with E-state index in [-0.39, 0.29) is 4.90 Å². The number of pyridine rings is 1. The Bertz CT molecular complexity index is 1060. The first-order valence-electron chi connectivity index (χ1n) is 8.71. The Balaban J connectivity index is 1.54. The molecule has 1 aromatic carbocycles. The largest absolute Gasteiger partial charge is 0.497 e. The van der Waals surface area contributed by atoms with Crippen LogP contribution in [-0.2, 0) is 10.0 Å². The predicted molar refractivity (Wildman–Crippen MR) is 108 cm³/mol. The molecule has 0 saturated carbocycles. The van der Waals surface area contributed by atoms with E-state index in [9.17, 15) is 8.42 Å². The molecule has 1 fully saturated rings. The van der Waals surface area contributed by atoms with Gasteiger partial charge in [-0.2, -0.15) is 4.31 Å². The summed E-state index contributed by atoms with van der Waals surface area (Å²) < 4.78 is 38.3. The number of benzene rings is 1. The van der Waals surface area contributed by atoms with Crippen molar-refractivity contribution in [3.8, 4) is 11.5 Å². The number of piperazine rings is 1. The number of thiazole rings is 1. The summed E-state index contributed by atoms with van der Waals surface area (Å²) >= 11 is 1.52. The third-order valence-electron chi connectivity index (χ3n) is 4.65. The Labute approximate surface area is 167 Å². The van der Waals surface area contributed by atoms with Gasteiger partial charge >= 0.3 is 0 Å². The van der Waals surface area contributed by atoms with Gasteiger partial charge in [-0.05, 0) is 24.3 Å². The number of methoxy groups -OCH3 is 2. The first kappa shape index (κ1) is 18.9. The fourth-order valence-corrected chi connectivity index (χ4v) is 5.69. The molecule has 2 aromatic heterocycles. The van der Waals surface area contributed by atoms with Gasteiger partial charge in [0.1, 0.15) is 26.7 Å². The summed E-state index contributed by atoms with van der Waals surface area (Å²) in [6.45, 7) is 1.86. The van der Waals surface area contributed by atoms with E-state index in [4.69, 9.17) is 9.47 Å². The van der Waals surface area contributed by atoms with Gasteiger partial charge in [-0.15, -0.1) is 0 Å². The normalized spacial score (nSPS) is 15.7. The SMILES string of the molecule is COc1ccc(OC)c(S(=O)(=O)N2CCN(c3nc4cccnc4s3)CC2)c1. The van der Waals surface area contributed by atoms with Crippen LogP contribution in [0.25, 0.3) is 10.3 Å². The van der Waals surface area contributed by atoms with Crippen molar-refractivity contribution < 1.29 is 17.9 Å². The van der Waals surface area contributed by atoms with E-state index in [0.29, 0.717) is 37.7 Å². The summed E-state index contributed by atoms with van der Waals surface area (Å²) in [5.41, 5.74) is 0.860. The van der Waals surface area contributed by atoms with Crippen molar-refractivity contribution in [3.05, 3.63) is 36.5 Å². The Morgan fingerprint density at radius 2 is 1.86 bits per heavy atom. The zero-order chi connectivity index (χ0) is 19.7. The Morgan fingerprint density at radius 1 is 1.07 bits per heavy atom. The predicted octanol–water partition coefficient (Wildman–Crippen LogP) is 2.22. The topological polar surface area (TPSA) is 84.9 Å². The highest BCUT2D eigenvalue weighted by Gasteiger charge is 2.32. The van der Waals surface area contributed by atoms with Crippen molar-refractivity contribution in [1.29, 1.82) is 0 Å². The minimum Gasteiger partial charge on any atom is -0.497 e. The van der Waals surface area contributed by atoms with Gasteiger partial charge in [-0.1, -0.05) is 11.3 Å². The lowest BCUT2D eigenvalue weighted by atomic mass is 10.3. The molecule has 0 aliphatic carbocycles. The van der Waals surface area contributed by atoms with E-state index >= 15 is 0 Å². The van der Waals surface area contributed by atoms with Crippen LogP contribution in [0.4, 0.5) is 5.13 Å². The van der Waals surface area contributed by atoms with Crippen LogP contribution in [0.1, 0.15) is 0 Å². The summed E-state index contributed by atoms with van der Waals surface area (Å²) in [4.78, 5) is 12.0. The van der Waals surface area contributed by atoms with Gasteiger partial charge in [-0.3, -0.25) is 0 Å². The van der Waals surface area contributed by atoms with Gasteiger partial charge in [0, 0.05) is 38.4 Å². The Hall–Kier alpha value is -2.43. The van der Waals surface area contributed by atoms with E-state index in [1.165, 1.54) is 35.9 Å². The molecule has 0 N–H and O–H groups in total. The monoisotopic (exact) mass is 420 g/mol. The van der Waals surface area contributed by atoms with Crippen molar-refractivity contribution in [1.82, 2.24) is 14.3 Å². The molecule has 1 aliphatic heterocycles. The summed E-state index contributed by atoms with van der Waals surface area (Å²) in [6, 6.07) is 8.57. The van der Waals surface area contributed by atoms with Crippen molar-refractivity contribution in [2.45, 2.75) is 4.90 Å². The average Bonchev–Trinajstić information content (AvgIpc) is 3.17. The lowest BCUT2D eigenvalue weighted by Gasteiger charge is -2.34. The Kier molecular flexibility index (Phi) is 5.09. The summed E-state index contributed by atoms with van der Waals surface area (Å²) in [5, 5.41) is 0.865. The molecule has 1 saturated heterocycles. The van der Waals surface area contributed by atoms with Crippen molar-refractivity contribution in [2.75, 3.05) is 45.3 Å². The maximum Gasteiger partial charge on any atom is 0.247 e. The second-order valence-corrected chi connectivity index (χ2v) is 9.09. The van der Waals surface area contributed by atoms with Gasteiger partial charge in [0.05, 0.1) is 14.2 Å². The van der Waals surface area contributed by atoms with Gasteiger partial charge in [0.25, 0.3) is 0 Å². The second-order valence-electron chi connectivity index (χ2n) is 6.23. The first-order chi connectivity index (χ1) is 13.5. The highest BCUT2D eigenvalue weighted by Crippen LogP contribution is 2.32. The lowest BCUT2D eigenvalue weighted by Crippen LogP contribution is -2.48. The van der Waals surface area contributed by atoms with Crippen LogP contribution in [0.5, 0.6) is 11.5 Å². The number of aromatic nitrogens is 2. The quantitative estimate of drug-likeness (QED) is 0.626. The fourth-order valence-electron chi connectivity index (χ4n) is 3.14. The number of anilines is 1. The average molecular weight is 421 g/mol. The van der Waals surface area contributed by atoms with E-state index in [1.807, 2.05) is 12.1 Å². The number of ether oxygens (including phenoxy) is 2. The molecule has 1 aliphatic rings. The van der Waals surface area contributed by atoms with Gasteiger partial charge in [0.15, 0.2) is 5.13 Å². The standard InChI is InChI=1S/C18H20N4O4S2/c1-25-13-5-6-15(26-2)16(12-13)28(23,24)22-10-8-21(9-11-22)18-20-14-4-3-7-19-17(14)27-18/h3-7,12H,8-11H2,1-2H3. The molecular formula is C18H20N4O4S2. The zero-order valence-electron chi connectivity index (χ0n) is 15.5. The molecule has 0 atom stereocenters. The molecule has 10 heteroatoms. The molecular weight excluding hydrogens is 400 g/mol. The molecule has 3 heterocycles. The smallest absolute Gasteiger partial charge is 0.247 e. The van der Waals surface area contributed by atoms with Crippen LogP contribution in [-0.4, -0.2) is 63.1 Å². The molecule has 0 spiro atoms. The number of fused-ring (bicyclic) bond motifs is 1.